The molecule has 6 N–H and O–H groups in total. The van der Waals surface area contributed by atoms with Crippen LogP contribution >= 0.6 is 7.82 Å². The van der Waals surface area contributed by atoms with E-state index in [9.17, 15) is 0 Å². The van der Waals surface area contributed by atoms with E-state index in [4.69, 9.17) is 34.6 Å². The van der Waals surface area contributed by atoms with Crippen molar-refractivity contribution in [2.45, 2.75) is 0 Å². The first-order valence-corrected chi connectivity index (χ1v) is 5.75. The van der Waals surface area contributed by atoms with E-state index in [1.54, 1.807) is 4.90 Å². The number of hydrogen-bond donors (Lipinski definition) is 6. The molecule has 0 aliphatic rings. The summed E-state index contributed by atoms with van der Waals surface area (Å²) in [7, 11) is -4.64. The SMILES string of the molecule is O=P(O)(O)O.OCCN(CCO)CCO.[NaH]. The van der Waals surface area contributed by atoms with E-state index in [1.807, 2.05) is 0 Å². The second kappa shape index (κ2) is 14.0. The molecule has 0 saturated carbocycles. The quantitative estimate of drug-likeness (QED) is 0.218. The van der Waals surface area contributed by atoms with Crippen molar-refractivity contribution in [3.63, 3.8) is 0 Å². The molecule has 0 saturated heterocycles. The zero-order valence-corrected chi connectivity index (χ0v) is 9.12. The van der Waals surface area contributed by atoms with E-state index in [2.05, 4.69) is 0 Å². The fourth-order valence-electron chi connectivity index (χ4n) is 0.760. The third kappa shape index (κ3) is 29.4. The molecule has 0 heterocycles. The molecular formula is C6H19NNaO7P. The van der Waals surface area contributed by atoms with Gasteiger partial charge in [-0.15, -0.1) is 0 Å². The third-order valence-corrected chi connectivity index (χ3v) is 1.25. The van der Waals surface area contributed by atoms with Gasteiger partial charge in [0.05, 0.1) is 19.8 Å². The van der Waals surface area contributed by atoms with Gasteiger partial charge >= 0.3 is 37.4 Å². The van der Waals surface area contributed by atoms with Gasteiger partial charge in [-0.05, 0) is 0 Å². The maximum atomic E-state index is 8.88. The number of aliphatic hydroxyl groups excluding tert-OH is 3. The summed E-state index contributed by atoms with van der Waals surface area (Å²) in [5.41, 5.74) is 0. The van der Waals surface area contributed by atoms with Gasteiger partial charge in [-0.2, -0.15) is 0 Å². The van der Waals surface area contributed by atoms with Crippen LogP contribution in [0.15, 0.2) is 0 Å². The number of rotatable bonds is 6. The standard InChI is InChI=1S/C6H15NO3.Na.H3O4P.H/c8-4-1-7(2-5-9)3-6-10;;1-5(2,3)4;/h8-10H,1-6H2;;(H3,1,2,3,4);. The van der Waals surface area contributed by atoms with Crippen molar-refractivity contribution in [2.24, 2.45) is 0 Å². The first-order chi connectivity index (χ1) is 6.85. The van der Waals surface area contributed by atoms with Gasteiger partial charge in [-0.1, -0.05) is 0 Å². The molecule has 0 aliphatic heterocycles. The average Bonchev–Trinajstić information content (AvgIpc) is 2.02. The molecule has 10 heteroatoms. The van der Waals surface area contributed by atoms with Crippen LogP contribution in [0.5, 0.6) is 0 Å². The molecular weight excluding hydrogens is 252 g/mol. The summed E-state index contributed by atoms with van der Waals surface area (Å²) >= 11 is 0. The van der Waals surface area contributed by atoms with Gasteiger partial charge in [-0.25, -0.2) is 4.57 Å². The summed E-state index contributed by atoms with van der Waals surface area (Å²) in [5, 5.41) is 25.5. The summed E-state index contributed by atoms with van der Waals surface area (Å²) in [4.78, 5) is 23.4. The van der Waals surface area contributed by atoms with Gasteiger partial charge in [0, 0.05) is 19.6 Å². The van der Waals surface area contributed by atoms with E-state index in [1.165, 1.54) is 0 Å². The Morgan fingerprint density at radius 1 is 0.812 bits per heavy atom. The molecule has 0 radical (unpaired) electrons. The summed E-state index contributed by atoms with van der Waals surface area (Å²) in [6, 6.07) is 0. The second-order valence-electron chi connectivity index (χ2n) is 2.53. The molecule has 0 bridgehead atoms. The molecule has 0 aliphatic carbocycles. The van der Waals surface area contributed by atoms with Gasteiger partial charge in [0.1, 0.15) is 0 Å². The minimum absolute atomic E-state index is 0. The van der Waals surface area contributed by atoms with Gasteiger partial charge in [0.15, 0.2) is 0 Å². The van der Waals surface area contributed by atoms with Crippen LogP contribution in [0.2, 0.25) is 0 Å². The normalized spacial score (nSPS) is 10.4. The van der Waals surface area contributed by atoms with Gasteiger partial charge < -0.3 is 30.0 Å². The van der Waals surface area contributed by atoms with E-state index >= 15 is 0 Å². The van der Waals surface area contributed by atoms with Crippen molar-refractivity contribution < 1.29 is 34.6 Å². The predicted octanol–water partition coefficient (Wildman–Crippen LogP) is -3.31. The van der Waals surface area contributed by atoms with Crippen molar-refractivity contribution in [2.75, 3.05) is 39.5 Å². The van der Waals surface area contributed by atoms with Gasteiger partial charge in [0.2, 0.25) is 0 Å². The van der Waals surface area contributed by atoms with Crippen molar-refractivity contribution >= 4 is 37.4 Å². The Labute approximate surface area is 116 Å². The van der Waals surface area contributed by atoms with Crippen LogP contribution in [0.25, 0.3) is 0 Å². The maximum absolute atomic E-state index is 8.88. The van der Waals surface area contributed by atoms with Crippen molar-refractivity contribution in [1.82, 2.24) is 4.90 Å². The van der Waals surface area contributed by atoms with Crippen LogP contribution in [0, 0.1) is 0 Å². The monoisotopic (exact) mass is 271 g/mol. The molecule has 0 fully saturated rings. The van der Waals surface area contributed by atoms with E-state index in [-0.39, 0.29) is 49.4 Å². The Hall–Kier alpha value is 0.950. The minimum atomic E-state index is -4.64. The molecule has 0 atom stereocenters. The molecule has 0 aromatic heterocycles. The van der Waals surface area contributed by atoms with Crippen molar-refractivity contribution in [3.05, 3.63) is 0 Å². The van der Waals surface area contributed by atoms with Crippen molar-refractivity contribution in [3.8, 4) is 0 Å². The summed E-state index contributed by atoms with van der Waals surface area (Å²) in [6.07, 6.45) is 0. The predicted molar refractivity (Wildman–Crippen MR) is 59.1 cm³/mol. The van der Waals surface area contributed by atoms with Crippen LogP contribution < -0.4 is 0 Å². The Morgan fingerprint density at radius 3 is 1.12 bits per heavy atom. The fraction of sp³-hybridized carbons (Fsp3) is 1.00. The number of aliphatic hydroxyl groups is 3. The van der Waals surface area contributed by atoms with Crippen LogP contribution in [0.3, 0.4) is 0 Å². The van der Waals surface area contributed by atoms with Crippen LogP contribution in [-0.2, 0) is 4.57 Å². The Kier molecular flexibility index (Phi) is 19.4. The summed E-state index contributed by atoms with van der Waals surface area (Å²) < 4.78 is 8.88. The molecule has 0 spiro atoms. The molecule has 16 heavy (non-hydrogen) atoms. The van der Waals surface area contributed by atoms with E-state index in [0.717, 1.165) is 0 Å². The zero-order valence-electron chi connectivity index (χ0n) is 8.23. The second-order valence-corrected chi connectivity index (χ2v) is 3.55. The molecule has 8 nitrogen and oxygen atoms in total. The fourth-order valence-corrected chi connectivity index (χ4v) is 0.760. The molecule has 0 rings (SSSR count). The van der Waals surface area contributed by atoms with E-state index < -0.39 is 7.82 Å². The number of phosphoric acid groups is 1. The first kappa shape index (κ1) is 22.2. The summed E-state index contributed by atoms with van der Waals surface area (Å²) in [5.74, 6) is 0. The third-order valence-electron chi connectivity index (χ3n) is 1.25. The first-order valence-electron chi connectivity index (χ1n) is 4.18. The van der Waals surface area contributed by atoms with Gasteiger partial charge in [0.25, 0.3) is 0 Å². The molecule has 0 amide bonds. The van der Waals surface area contributed by atoms with Crippen LogP contribution in [-0.4, -0.2) is 104 Å². The van der Waals surface area contributed by atoms with Gasteiger partial charge in [-0.3, -0.25) is 4.90 Å². The Balaban J connectivity index is -0.000000242. The molecule has 96 valence electrons. The Morgan fingerprint density at radius 2 is 1.00 bits per heavy atom. The zero-order chi connectivity index (χ0) is 12.3. The number of nitrogens with zero attached hydrogens (tertiary/aromatic N) is 1. The molecule has 0 unspecified atom stereocenters. The molecule has 0 aromatic carbocycles. The van der Waals surface area contributed by atoms with E-state index in [0.29, 0.717) is 19.6 Å². The summed E-state index contributed by atoms with van der Waals surface area (Å²) in [6.45, 7) is 1.75. The average molecular weight is 271 g/mol. The van der Waals surface area contributed by atoms with Crippen molar-refractivity contribution in [1.29, 1.82) is 0 Å². The Bertz CT molecular complexity index is 156. The van der Waals surface area contributed by atoms with Crippen LogP contribution in [0.4, 0.5) is 0 Å². The molecule has 0 aromatic rings. The number of hydrogen-bond acceptors (Lipinski definition) is 5. The van der Waals surface area contributed by atoms with Crippen LogP contribution in [0.1, 0.15) is 0 Å². The topological polar surface area (TPSA) is 142 Å².